The highest BCUT2D eigenvalue weighted by atomic mass is 15.5. The SMILES string of the molecule is Cn1nnnc1C1(N)CCNC1. The van der Waals surface area contributed by atoms with Crippen molar-refractivity contribution in [3.63, 3.8) is 0 Å². The number of nitrogens with one attached hydrogen (secondary N) is 1. The third-order valence-corrected chi connectivity index (χ3v) is 2.25. The summed E-state index contributed by atoms with van der Waals surface area (Å²) in [6.45, 7) is 1.69. The van der Waals surface area contributed by atoms with Gasteiger partial charge in [-0.2, -0.15) is 0 Å². The second-order valence-corrected chi connectivity index (χ2v) is 3.21. The molecule has 1 aromatic rings. The molecule has 1 aromatic heterocycles. The van der Waals surface area contributed by atoms with Gasteiger partial charge in [-0.15, -0.1) is 5.10 Å². The zero-order valence-corrected chi connectivity index (χ0v) is 6.99. The molecule has 1 aliphatic heterocycles. The molecule has 3 N–H and O–H groups in total. The second kappa shape index (κ2) is 2.49. The van der Waals surface area contributed by atoms with Crippen LogP contribution in [0.2, 0.25) is 0 Å². The Bertz CT molecular complexity index is 273. The molecule has 1 saturated heterocycles. The Morgan fingerprint density at radius 3 is 3.00 bits per heavy atom. The van der Waals surface area contributed by atoms with Crippen LogP contribution in [0.25, 0.3) is 0 Å². The first kappa shape index (κ1) is 7.63. The largest absolute Gasteiger partial charge is 0.318 e. The number of hydrogen-bond acceptors (Lipinski definition) is 5. The standard InChI is InChI=1S/C6H12N6/c1-12-5(9-10-11-12)6(7)2-3-8-4-6/h8H,2-4,7H2,1H3. The Hall–Kier alpha value is -1.01. The van der Waals surface area contributed by atoms with Crippen molar-refractivity contribution in [2.45, 2.75) is 12.0 Å². The number of aryl methyl sites for hydroxylation is 1. The van der Waals surface area contributed by atoms with Crippen molar-refractivity contribution < 1.29 is 0 Å². The number of aromatic nitrogens is 4. The fourth-order valence-electron chi connectivity index (χ4n) is 1.55. The molecule has 0 aromatic carbocycles. The highest BCUT2D eigenvalue weighted by Gasteiger charge is 2.35. The molecular weight excluding hydrogens is 156 g/mol. The van der Waals surface area contributed by atoms with E-state index >= 15 is 0 Å². The summed E-state index contributed by atoms with van der Waals surface area (Å²) in [5.74, 6) is 0.757. The Balaban J connectivity index is 2.34. The van der Waals surface area contributed by atoms with Gasteiger partial charge >= 0.3 is 0 Å². The lowest BCUT2D eigenvalue weighted by Gasteiger charge is -2.19. The van der Waals surface area contributed by atoms with Crippen LogP contribution in [0.15, 0.2) is 0 Å². The van der Waals surface area contributed by atoms with Gasteiger partial charge in [-0.05, 0) is 23.4 Å². The molecule has 6 nitrogen and oxygen atoms in total. The quantitative estimate of drug-likeness (QED) is 0.525. The number of nitrogens with two attached hydrogens (primary N) is 1. The molecule has 66 valence electrons. The average Bonchev–Trinajstić information content (AvgIpc) is 2.59. The maximum Gasteiger partial charge on any atom is 0.172 e. The molecule has 1 unspecified atom stereocenters. The van der Waals surface area contributed by atoms with E-state index in [1.807, 2.05) is 7.05 Å². The molecule has 0 radical (unpaired) electrons. The Morgan fingerprint density at radius 1 is 1.67 bits per heavy atom. The van der Waals surface area contributed by atoms with Crippen LogP contribution >= 0.6 is 0 Å². The van der Waals surface area contributed by atoms with Crippen molar-refractivity contribution >= 4 is 0 Å². The van der Waals surface area contributed by atoms with E-state index in [0.29, 0.717) is 0 Å². The number of hydrogen-bond donors (Lipinski definition) is 2. The summed E-state index contributed by atoms with van der Waals surface area (Å²) < 4.78 is 1.63. The van der Waals surface area contributed by atoms with Gasteiger partial charge in [0.1, 0.15) is 0 Å². The smallest absolute Gasteiger partial charge is 0.172 e. The van der Waals surface area contributed by atoms with Crippen LogP contribution in [0.5, 0.6) is 0 Å². The zero-order valence-electron chi connectivity index (χ0n) is 6.99. The molecule has 6 heteroatoms. The van der Waals surface area contributed by atoms with Gasteiger partial charge in [-0.3, -0.25) is 0 Å². The molecule has 2 rings (SSSR count). The molecule has 1 fully saturated rings. The van der Waals surface area contributed by atoms with Crippen LogP contribution in [0.4, 0.5) is 0 Å². The lowest BCUT2D eigenvalue weighted by atomic mass is 9.99. The van der Waals surface area contributed by atoms with Crippen molar-refractivity contribution in [1.82, 2.24) is 25.5 Å². The van der Waals surface area contributed by atoms with E-state index < -0.39 is 0 Å². The van der Waals surface area contributed by atoms with Crippen molar-refractivity contribution in [3.8, 4) is 0 Å². The van der Waals surface area contributed by atoms with Crippen molar-refractivity contribution in [3.05, 3.63) is 5.82 Å². The summed E-state index contributed by atoms with van der Waals surface area (Å²) in [5.41, 5.74) is 5.72. The first-order chi connectivity index (χ1) is 5.72. The molecular formula is C6H12N6. The molecule has 0 bridgehead atoms. The monoisotopic (exact) mass is 168 g/mol. The van der Waals surface area contributed by atoms with Crippen LogP contribution in [-0.2, 0) is 12.6 Å². The van der Waals surface area contributed by atoms with Gasteiger partial charge in [0.25, 0.3) is 0 Å². The Kier molecular flexibility index (Phi) is 1.59. The maximum atomic E-state index is 6.10. The zero-order chi connectivity index (χ0) is 8.60. The predicted molar refractivity (Wildman–Crippen MR) is 42.2 cm³/mol. The summed E-state index contributed by atoms with van der Waals surface area (Å²) in [6.07, 6.45) is 0.890. The lowest BCUT2D eigenvalue weighted by Crippen LogP contribution is -2.41. The van der Waals surface area contributed by atoms with Gasteiger partial charge in [-0.1, -0.05) is 0 Å². The predicted octanol–water partition coefficient (Wildman–Crippen LogP) is -1.64. The Labute approximate surface area is 70.1 Å². The molecule has 1 aliphatic rings. The average molecular weight is 168 g/mol. The van der Waals surface area contributed by atoms with E-state index in [2.05, 4.69) is 20.8 Å². The van der Waals surface area contributed by atoms with Gasteiger partial charge in [0, 0.05) is 13.6 Å². The minimum Gasteiger partial charge on any atom is -0.318 e. The molecule has 1 atom stereocenters. The lowest BCUT2D eigenvalue weighted by molar-refractivity contribution is 0.436. The summed E-state index contributed by atoms with van der Waals surface area (Å²) in [5, 5.41) is 14.4. The topological polar surface area (TPSA) is 81.7 Å². The van der Waals surface area contributed by atoms with Crippen molar-refractivity contribution in [2.24, 2.45) is 12.8 Å². The normalized spacial score (nSPS) is 29.5. The minimum absolute atomic E-state index is 0.377. The van der Waals surface area contributed by atoms with E-state index in [0.717, 1.165) is 25.3 Å². The minimum atomic E-state index is -0.377. The first-order valence-corrected chi connectivity index (χ1v) is 3.95. The summed E-state index contributed by atoms with van der Waals surface area (Å²) in [7, 11) is 1.81. The molecule has 0 aliphatic carbocycles. The van der Waals surface area contributed by atoms with Crippen LogP contribution in [-0.4, -0.2) is 33.3 Å². The van der Waals surface area contributed by atoms with E-state index in [-0.39, 0.29) is 5.54 Å². The number of rotatable bonds is 1. The third-order valence-electron chi connectivity index (χ3n) is 2.25. The molecule has 12 heavy (non-hydrogen) atoms. The summed E-state index contributed by atoms with van der Waals surface area (Å²) in [6, 6.07) is 0. The van der Waals surface area contributed by atoms with Crippen LogP contribution in [0, 0.1) is 0 Å². The first-order valence-electron chi connectivity index (χ1n) is 3.95. The molecule has 0 spiro atoms. The highest BCUT2D eigenvalue weighted by molar-refractivity contribution is 5.07. The number of tetrazole rings is 1. The molecule has 0 saturated carbocycles. The summed E-state index contributed by atoms with van der Waals surface area (Å²) >= 11 is 0. The second-order valence-electron chi connectivity index (χ2n) is 3.21. The van der Waals surface area contributed by atoms with E-state index in [4.69, 9.17) is 5.73 Å². The highest BCUT2D eigenvalue weighted by Crippen LogP contribution is 2.21. The van der Waals surface area contributed by atoms with Gasteiger partial charge in [0.05, 0.1) is 5.54 Å². The fraction of sp³-hybridized carbons (Fsp3) is 0.833. The van der Waals surface area contributed by atoms with Gasteiger partial charge in [-0.25, -0.2) is 4.68 Å². The summed E-state index contributed by atoms with van der Waals surface area (Å²) in [4.78, 5) is 0. The fourth-order valence-corrected chi connectivity index (χ4v) is 1.55. The molecule has 0 amide bonds. The van der Waals surface area contributed by atoms with Crippen LogP contribution < -0.4 is 11.1 Å². The van der Waals surface area contributed by atoms with E-state index in [1.165, 1.54) is 0 Å². The van der Waals surface area contributed by atoms with Crippen molar-refractivity contribution in [1.29, 1.82) is 0 Å². The van der Waals surface area contributed by atoms with E-state index in [9.17, 15) is 0 Å². The third kappa shape index (κ3) is 0.997. The van der Waals surface area contributed by atoms with Crippen LogP contribution in [0.1, 0.15) is 12.2 Å². The molecule has 2 heterocycles. The van der Waals surface area contributed by atoms with Gasteiger partial charge in [0.15, 0.2) is 5.82 Å². The van der Waals surface area contributed by atoms with Gasteiger partial charge < -0.3 is 11.1 Å². The van der Waals surface area contributed by atoms with Crippen LogP contribution in [0.3, 0.4) is 0 Å². The maximum absolute atomic E-state index is 6.10. The van der Waals surface area contributed by atoms with Crippen molar-refractivity contribution in [2.75, 3.05) is 13.1 Å². The van der Waals surface area contributed by atoms with Gasteiger partial charge in [0.2, 0.25) is 0 Å². The van der Waals surface area contributed by atoms with E-state index in [1.54, 1.807) is 4.68 Å². The number of nitrogens with zero attached hydrogens (tertiary/aromatic N) is 4. The Morgan fingerprint density at radius 2 is 2.50 bits per heavy atom.